The van der Waals surface area contributed by atoms with E-state index in [9.17, 15) is 19.5 Å². The highest BCUT2D eigenvalue weighted by Gasteiger charge is 2.25. The molecule has 0 aromatic carbocycles. The number of carbonyl (C=O) groups excluding carboxylic acids is 2. The summed E-state index contributed by atoms with van der Waals surface area (Å²) in [6.07, 6.45) is 101. The standard InChI is InChI=1S/C90H175NO8/c1-6-8-10-12-14-16-18-20-22-24-26-28-30-32-34-36-38-40-41-42-43-44-45-46-47-49-51-53-55-57-59-61-63-65-67-69-71-73-75-77-79-81-88(93)99-86(85-98-90(89(94)95)96-83-82-91(3,4)5)84-97-87(92)80-78-76-74-72-70-68-66-64-62-60-58-56-54-52-50-48-39-37-35-33-31-29-27-25-23-21-19-17-15-13-11-9-7-2/h24,26,86,90H,6-23,25,27-85H2,1-5H3/p+1/b26-24-. The largest absolute Gasteiger partial charge is 0.477 e. The lowest BCUT2D eigenvalue weighted by Gasteiger charge is -2.25. The van der Waals surface area contributed by atoms with E-state index >= 15 is 0 Å². The topological polar surface area (TPSA) is 108 Å². The molecule has 0 aliphatic rings. The lowest BCUT2D eigenvalue weighted by molar-refractivity contribution is -0.870. The molecule has 0 spiro atoms. The zero-order valence-electron chi connectivity index (χ0n) is 67.7. The third-order valence-electron chi connectivity index (χ3n) is 21.0. The molecule has 2 atom stereocenters. The first-order valence-electron chi connectivity index (χ1n) is 44.9. The minimum absolute atomic E-state index is 0.172. The Balaban J connectivity index is 3.87. The monoisotopic (exact) mass is 1400 g/mol. The maximum atomic E-state index is 13.0. The van der Waals surface area contributed by atoms with E-state index in [4.69, 9.17) is 18.9 Å². The fourth-order valence-electron chi connectivity index (χ4n) is 14.2. The number of carboxylic acids is 1. The van der Waals surface area contributed by atoms with E-state index < -0.39 is 18.4 Å². The van der Waals surface area contributed by atoms with Crippen LogP contribution in [0.5, 0.6) is 0 Å². The Bertz CT molecular complexity index is 1630. The molecule has 2 unspecified atom stereocenters. The summed E-state index contributed by atoms with van der Waals surface area (Å²) in [5.41, 5.74) is 0. The summed E-state index contributed by atoms with van der Waals surface area (Å²) in [6, 6.07) is 0. The molecule has 0 rings (SSSR count). The average Bonchev–Trinajstić information content (AvgIpc) is 2.62. The molecular formula is C90H176NO8+. The molecule has 0 heterocycles. The van der Waals surface area contributed by atoms with Crippen LogP contribution in [0, 0.1) is 0 Å². The van der Waals surface area contributed by atoms with Crippen molar-refractivity contribution >= 4 is 17.9 Å². The van der Waals surface area contributed by atoms with Crippen molar-refractivity contribution in [3.63, 3.8) is 0 Å². The predicted octanol–water partition coefficient (Wildman–Crippen LogP) is 29.1. The normalized spacial score (nSPS) is 12.5. The van der Waals surface area contributed by atoms with Crippen LogP contribution in [0.2, 0.25) is 0 Å². The number of hydrogen-bond donors (Lipinski definition) is 1. The number of allylic oxidation sites excluding steroid dienone is 2. The van der Waals surface area contributed by atoms with E-state index in [-0.39, 0.29) is 38.2 Å². The number of hydrogen-bond acceptors (Lipinski definition) is 7. The van der Waals surface area contributed by atoms with E-state index in [0.29, 0.717) is 17.4 Å². The number of quaternary nitrogens is 1. The van der Waals surface area contributed by atoms with Gasteiger partial charge < -0.3 is 28.5 Å². The van der Waals surface area contributed by atoms with E-state index in [0.717, 1.165) is 38.5 Å². The Morgan fingerprint density at radius 3 is 0.747 bits per heavy atom. The Labute approximate surface area is 618 Å². The highest BCUT2D eigenvalue weighted by molar-refractivity contribution is 5.71. The van der Waals surface area contributed by atoms with E-state index in [1.54, 1.807) is 0 Å². The fraction of sp³-hybridized carbons (Fsp3) is 0.944. The van der Waals surface area contributed by atoms with Gasteiger partial charge in [-0.1, -0.05) is 450 Å². The first kappa shape index (κ1) is 97.0. The van der Waals surface area contributed by atoms with Gasteiger partial charge in [0.25, 0.3) is 6.29 Å². The molecule has 0 aliphatic carbocycles. The van der Waals surface area contributed by atoms with Gasteiger partial charge in [0.05, 0.1) is 34.4 Å². The minimum atomic E-state index is -1.51. The van der Waals surface area contributed by atoms with Crippen LogP contribution in [-0.4, -0.2) is 87.4 Å². The average molecular weight is 1400 g/mol. The van der Waals surface area contributed by atoms with Crippen LogP contribution in [0.25, 0.3) is 0 Å². The smallest absolute Gasteiger partial charge is 0.361 e. The molecule has 0 aliphatic heterocycles. The van der Waals surface area contributed by atoms with Crippen LogP contribution in [0.3, 0.4) is 0 Å². The maximum Gasteiger partial charge on any atom is 0.361 e. The second kappa shape index (κ2) is 81.7. The Morgan fingerprint density at radius 2 is 0.515 bits per heavy atom. The zero-order chi connectivity index (χ0) is 71.8. The number of unbranched alkanes of at least 4 members (excludes halogenated alkanes) is 69. The number of aliphatic carboxylic acids is 1. The molecule has 9 nitrogen and oxygen atoms in total. The van der Waals surface area contributed by atoms with Crippen LogP contribution >= 0.6 is 0 Å². The molecule has 0 saturated carbocycles. The summed E-state index contributed by atoms with van der Waals surface area (Å²) in [5, 5.41) is 9.79. The second-order valence-corrected chi connectivity index (χ2v) is 32.3. The van der Waals surface area contributed by atoms with Crippen LogP contribution in [0.4, 0.5) is 0 Å². The molecule has 1 N–H and O–H groups in total. The zero-order valence-corrected chi connectivity index (χ0v) is 67.7. The summed E-state index contributed by atoms with van der Waals surface area (Å²) >= 11 is 0. The summed E-state index contributed by atoms with van der Waals surface area (Å²) in [7, 11) is 6.01. The first-order chi connectivity index (χ1) is 48.6. The number of carboxylic acid groups (broad SMARTS) is 1. The van der Waals surface area contributed by atoms with Gasteiger partial charge in [-0.2, -0.15) is 0 Å². The molecule has 0 aromatic rings. The summed E-state index contributed by atoms with van der Waals surface area (Å²) in [6.45, 7) is 4.98. The Morgan fingerprint density at radius 1 is 0.293 bits per heavy atom. The van der Waals surface area contributed by atoms with Crippen molar-refractivity contribution in [1.82, 2.24) is 0 Å². The molecule has 9 heteroatoms. The number of ether oxygens (including phenoxy) is 4. The highest BCUT2D eigenvalue weighted by atomic mass is 16.7. The quantitative estimate of drug-likeness (QED) is 0.0211. The van der Waals surface area contributed by atoms with Crippen molar-refractivity contribution in [3.8, 4) is 0 Å². The van der Waals surface area contributed by atoms with Gasteiger partial charge in [0.1, 0.15) is 13.2 Å². The fourth-order valence-corrected chi connectivity index (χ4v) is 14.2. The molecule has 99 heavy (non-hydrogen) atoms. The van der Waals surface area contributed by atoms with Gasteiger partial charge in [0, 0.05) is 12.8 Å². The van der Waals surface area contributed by atoms with E-state index in [1.165, 1.54) is 424 Å². The Hall–Kier alpha value is -1.97. The molecule has 0 bridgehead atoms. The Kier molecular flexibility index (Phi) is 80.1. The first-order valence-corrected chi connectivity index (χ1v) is 44.9. The van der Waals surface area contributed by atoms with Crippen LogP contribution < -0.4 is 0 Å². The molecule has 0 amide bonds. The molecule has 0 saturated heterocycles. The van der Waals surface area contributed by atoms with Gasteiger partial charge in [-0.25, -0.2) is 4.79 Å². The third kappa shape index (κ3) is 83.2. The summed E-state index contributed by atoms with van der Waals surface area (Å²) in [5.74, 6) is -1.96. The molecule has 0 fully saturated rings. The lowest BCUT2D eigenvalue weighted by atomic mass is 10.0. The van der Waals surface area contributed by atoms with Gasteiger partial charge in [-0.3, -0.25) is 9.59 Å². The minimum Gasteiger partial charge on any atom is -0.477 e. The lowest BCUT2D eigenvalue weighted by Crippen LogP contribution is -2.40. The van der Waals surface area contributed by atoms with Crippen molar-refractivity contribution in [1.29, 1.82) is 0 Å². The van der Waals surface area contributed by atoms with Crippen molar-refractivity contribution < 1.29 is 42.9 Å². The number of esters is 2. The number of likely N-dealkylation sites (N-methyl/N-ethyl adjacent to an activating group) is 1. The van der Waals surface area contributed by atoms with E-state index in [1.807, 2.05) is 21.1 Å². The third-order valence-corrected chi connectivity index (χ3v) is 21.0. The van der Waals surface area contributed by atoms with Gasteiger partial charge in [0.15, 0.2) is 6.10 Å². The predicted molar refractivity (Wildman–Crippen MR) is 429 cm³/mol. The summed E-state index contributed by atoms with van der Waals surface area (Å²) in [4.78, 5) is 37.8. The van der Waals surface area contributed by atoms with Crippen LogP contribution in [0.1, 0.15) is 489 Å². The van der Waals surface area contributed by atoms with Gasteiger partial charge in [0.2, 0.25) is 0 Å². The molecule has 588 valence electrons. The van der Waals surface area contributed by atoms with E-state index in [2.05, 4.69) is 26.0 Å². The highest BCUT2D eigenvalue weighted by Crippen LogP contribution is 2.22. The van der Waals surface area contributed by atoms with Crippen LogP contribution in [0.15, 0.2) is 12.2 Å². The van der Waals surface area contributed by atoms with Crippen molar-refractivity contribution in [2.45, 2.75) is 501 Å². The molecular weight excluding hydrogens is 1220 g/mol. The maximum absolute atomic E-state index is 13.0. The second-order valence-electron chi connectivity index (χ2n) is 32.3. The molecule has 0 radical (unpaired) electrons. The van der Waals surface area contributed by atoms with Crippen molar-refractivity contribution in [2.24, 2.45) is 0 Å². The van der Waals surface area contributed by atoms with Gasteiger partial charge >= 0.3 is 17.9 Å². The number of rotatable bonds is 86. The SMILES string of the molecule is CCCCCCCCCC/C=C\CCCCCCCCCCCCCCCCCCCCCCCCCCCCCCCC(=O)OC(COC(=O)CCCCCCCCCCCCCCCCCCCCCCCCCCCCCCCCCCC)COC(OCC[N+](C)(C)C)C(=O)O. The van der Waals surface area contributed by atoms with Gasteiger partial charge in [-0.05, 0) is 38.5 Å². The molecule has 0 aromatic heterocycles. The summed E-state index contributed by atoms with van der Waals surface area (Å²) < 4.78 is 23.1. The van der Waals surface area contributed by atoms with Crippen molar-refractivity contribution in [2.75, 3.05) is 47.5 Å². The van der Waals surface area contributed by atoms with Crippen LogP contribution in [-0.2, 0) is 33.3 Å². The van der Waals surface area contributed by atoms with Gasteiger partial charge in [-0.15, -0.1) is 0 Å². The number of nitrogens with zero attached hydrogens (tertiary/aromatic N) is 1. The van der Waals surface area contributed by atoms with Crippen molar-refractivity contribution in [3.05, 3.63) is 12.2 Å². The number of carbonyl (C=O) groups is 3.